The molecule has 14 nitrogen and oxygen atoms in total. The number of nitrogens with one attached hydrogen (secondary N) is 3. The SMILES string of the molecule is CC(C)(C)OC(=O)N[C@H]1CCCCC/C=C\[C@H]2C[C@]2(C(=O)NS(=O)(=O)c2ccccc2)NC(=O)[C@@H]2C[C@@H](OC(=O)N3Cc4cccc(F)c4C3)CN2C1=O. The third kappa shape index (κ3) is 8.69. The molecule has 54 heavy (non-hydrogen) atoms. The summed E-state index contributed by atoms with van der Waals surface area (Å²) in [7, 11) is -4.29. The lowest BCUT2D eigenvalue weighted by atomic mass is 10.0. The first-order valence-electron chi connectivity index (χ1n) is 18.2. The Bertz CT molecular complexity index is 1940. The summed E-state index contributed by atoms with van der Waals surface area (Å²) < 4.78 is 54.2. The number of hydrogen-bond acceptors (Lipinski definition) is 9. The van der Waals surface area contributed by atoms with Crippen molar-refractivity contribution in [3.63, 3.8) is 0 Å². The van der Waals surface area contributed by atoms with Crippen molar-refractivity contribution in [3.05, 3.63) is 77.6 Å². The second-order valence-electron chi connectivity index (χ2n) is 15.3. The van der Waals surface area contributed by atoms with Gasteiger partial charge in [0.1, 0.15) is 35.1 Å². The molecule has 3 N–H and O–H groups in total. The van der Waals surface area contributed by atoms with Gasteiger partial charge in [-0.25, -0.2) is 27.1 Å². The summed E-state index contributed by atoms with van der Waals surface area (Å²) in [5.74, 6) is -3.27. The summed E-state index contributed by atoms with van der Waals surface area (Å²) >= 11 is 0. The zero-order valence-electron chi connectivity index (χ0n) is 30.5. The fraction of sp³-hybridized carbons (Fsp3) is 0.500. The molecule has 0 radical (unpaired) electrons. The van der Waals surface area contributed by atoms with Crippen molar-refractivity contribution in [2.24, 2.45) is 5.92 Å². The van der Waals surface area contributed by atoms with E-state index in [1.807, 2.05) is 6.08 Å². The van der Waals surface area contributed by atoms with Crippen LogP contribution in [-0.2, 0) is 47.0 Å². The highest BCUT2D eigenvalue weighted by Crippen LogP contribution is 2.46. The number of fused-ring (bicyclic) bond motifs is 3. The van der Waals surface area contributed by atoms with E-state index >= 15 is 0 Å². The van der Waals surface area contributed by atoms with Crippen LogP contribution in [0.1, 0.15) is 76.8 Å². The average Bonchev–Trinajstić information content (AvgIpc) is 3.40. The number of nitrogens with zero attached hydrogens (tertiary/aromatic N) is 2. The lowest BCUT2D eigenvalue weighted by Gasteiger charge is -2.30. The van der Waals surface area contributed by atoms with Gasteiger partial charge in [-0.1, -0.05) is 55.3 Å². The maximum atomic E-state index is 14.4. The van der Waals surface area contributed by atoms with E-state index in [1.54, 1.807) is 45.0 Å². The third-order valence-corrected chi connectivity index (χ3v) is 11.4. The smallest absolute Gasteiger partial charge is 0.410 e. The van der Waals surface area contributed by atoms with E-state index in [2.05, 4.69) is 15.4 Å². The zero-order valence-corrected chi connectivity index (χ0v) is 31.3. The maximum Gasteiger partial charge on any atom is 0.410 e. The zero-order chi connectivity index (χ0) is 38.8. The molecule has 1 saturated heterocycles. The molecule has 5 amide bonds. The number of amides is 5. The Morgan fingerprint density at radius 3 is 2.48 bits per heavy atom. The number of sulfonamides is 1. The molecule has 16 heteroatoms. The van der Waals surface area contributed by atoms with Gasteiger partial charge in [-0.05, 0) is 70.2 Å². The van der Waals surface area contributed by atoms with Gasteiger partial charge in [-0.3, -0.25) is 19.3 Å². The van der Waals surface area contributed by atoms with E-state index in [0.717, 1.165) is 6.42 Å². The van der Waals surface area contributed by atoms with Crippen LogP contribution in [0.3, 0.4) is 0 Å². The van der Waals surface area contributed by atoms with E-state index in [1.165, 1.54) is 40.1 Å². The fourth-order valence-corrected chi connectivity index (χ4v) is 8.27. The molecule has 2 fully saturated rings. The number of carbonyl (C=O) groups is 5. The Morgan fingerprint density at radius 1 is 1.00 bits per heavy atom. The second kappa shape index (κ2) is 15.4. The summed E-state index contributed by atoms with van der Waals surface area (Å²) in [5, 5.41) is 5.44. The van der Waals surface area contributed by atoms with Crippen LogP contribution in [-0.4, -0.2) is 84.0 Å². The largest absolute Gasteiger partial charge is 0.444 e. The van der Waals surface area contributed by atoms with Crippen LogP contribution in [0, 0.1) is 11.7 Å². The lowest BCUT2D eigenvalue weighted by molar-refractivity contribution is -0.141. The van der Waals surface area contributed by atoms with E-state index in [-0.39, 0.29) is 43.8 Å². The molecule has 6 rings (SSSR count). The summed E-state index contributed by atoms with van der Waals surface area (Å²) in [6.07, 6.45) is 3.95. The van der Waals surface area contributed by atoms with Crippen LogP contribution in [0.5, 0.6) is 0 Å². The van der Waals surface area contributed by atoms with Gasteiger partial charge in [0, 0.05) is 24.4 Å². The molecule has 0 unspecified atom stereocenters. The van der Waals surface area contributed by atoms with Gasteiger partial charge < -0.3 is 25.0 Å². The Morgan fingerprint density at radius 2 is 1.76 bits per heavy atom. The number of hydrogen-bond donors (Lipinski definition) is 3. The number of ether oxygens (including phenoxy) is 2. The molecule has 2 aromatic carbocycles. The predicted molar refractivity (Wildman–Crippen MR) is 192 cm³/mol. The number of allylic oxidation sites excluding steroid dienone is 1. The molecule has 3 heterocycles. The van der Waals surface area contributed by atoms with Gasteiger partial charge in [0.05, 0.1) is 18.0 Å². The maximum absolute atomic E-state index is 14.4. The molecule has 3 aliphatic heterocycles. The van der Waals surface area contributed by atoms with Gasteiger partial charge in [0.25, 0.3) is 15.9 Å². The van der Waals surface area contributed by atoms with E-state index < -0.39 is 81.0 Å². The molecule has 0 bridgehead atoms. The Labute approximate surface area is 313 Å². The standard InChI is InChI=1S/C38H46FN5O9S/c1-37(2,3)53-35(48)40-30-18-11-6-4-5-8-14-25-20-38(25,34(47)42-54(50,51)27-15-9-7-10-16-27)41-32(45)31-19-26(22-44(31)33(30)46)52-36(49)43-21-24-13-12-17-29(39)28(24)23-43/h7-10,12-17,25-26,30-31H,4-6,11,18-23H2,1-3H3,(H,40,48)(H,41,45)(H,42,47)/b14-8-/t25-,26+,30-,31-,38-/m0/s1. The van der Waals surface area contributed by atoms with Crippen molar-refractivity contribution in [3.8, 4) is 0 Å². The lowest BCUT2D eigenvalue weighted by Crippen LogP contribution is -2.58. The molecular weight excluding hydrogens is 722 g/mol. The molecule has 1 saturated carbocycles. The number of alkyl carbamates (subject to hydrolysis) is 1. The quantitative estimate of drug-likeness (QED) is 0.379. The predicted octanol–water partition coefficient (Wildman–Crippen LogP) is 4.04. The minimum absolute atomic E-state index is 0.0135. The molecule has 1 aliphatic carbocycles. The summed E-state index contributed by atoms with van der Waals surface area (Å²) in [4.78, 5) is 71.2. The highest BCUT2D eigenvalue weighted by atomic mass is 32.2. The monoisotopic (exact) mass is 767 g/mol. The Kier molecular flexibility index (Phi) is 11.0. The molecular formula is C38H46FN5O9S. The van der Waals surface area contributed by atoms with Crippen LogP contribution < -0.4 is 15.4 Å². The minimum atomic E-state index is -4.29. The Hall–Kier alpha value is -4.99. The van der Waals surface area contributed by atoms with Crippen LogP contribution in [0.15, 0.2) is 65.6 Å². The number of rotatable bonds is 5. The number of benzene rings is 2. The minimum Gasteiger partial charge on any atom is -0.444 e. The Balaban J connectivity index is 1.26. The van der Waals surface area contributed by atoms with Crippen molar-refractivity contribution in [1.29, 1.82) is 0 Å². The molecule has 4 aliphatic rings. The number of carbonyl (C=O) groups excluding carboxylic acids is 5. The summed E-state index contributed by atoms with van der Waals surface area (Å²) in [6, 6.07) is 9.59. The first-order chi connectivity index (χ1) is 25.6. The average molecular weight is 768 g/mol. The number of halogens is 1. The van der Waals surface area contributed by atoms with E-state index in [4.69, 9.17) is 9.47 Å². The fourth-order valence-electron chi connectivity index (χ4n) is 7.21. The third-order valence-electron chi connectivity index (χ3n) is 10.1. The van der Waals surface area contributed by atoms with Crippen LogP contribution in [0.2, 0.25) is 0 Å². The van der Waals surface area contributed by atoms with Gasteiger partial charge in [-0.2, -0.15) is 0 Å². The first-order valence-corrected chi connectivity index (χ1v) is 19.7. The van der Waals surface area contributed by atoms with Gasteiger partial charge >= 0.3 is 12.2 Å². The normalized spacial score (nSPS) is 26.5. The topological polar surface area (TPSA) is 181 Å². The van der Waals surface area contributed by atoms with Crippen molar-refractivity contribution in [1.82, 2.24) is 25.2 Å². The summed E-state index contributed by atoms with van der Waals surface area (Å²) in [5.41, 5.74) is -1.47. The summed E-state index contributed by atoms with van der Waals surface area (Å²) in [6.45, 7) is 4.95. The van der Waals surface area contributed by atoms with Crippen molar-refractivity contribution >= 4 is 39.9 Å². The van der Waals surface area contributed by atoms with E-state index in [0.29, 0.717) is 30.4 Å². The molecule has 0 aromatic heterocycles. The van der Waals surface area contributed by atoms with Crippen LogP contribution in [0.4, 0.5) is 14.0 Å². The molecule has 290 valence electrons. The van der Waals surface area contributed by atoms with Crippen LogP contribution >= 0.6 is 0 Å². The van der Waals surface area contributed by atoms with Gasteiger partial charge in [-0.15, -0.1) is 0 Å². The molecule has 2 aromatic rings. The second-order valence-corrected chi connectivity index (χ2v) is 16.9. The van der Waals surface area contributed by atoms with E-state index in [9.17, 15) is 36.8 Å². The van der Waals surface area contributed by atoms with Gasteiger partial charge in [0.15, 0.2) is 0 Å². The highest BCUT2D eigenvalue weighted by molar-refractivity contribution is 7.90. The molecule has 5 atom stereocenters. The molecule has 0 spiro atoms. The highest BCUT2D eigenvalue weighted by Gasteiger charge is 2.61. The van der Waals surface area contributed by atoms with Gasteiger partial charge in [0.2, 0.25) is 11.8 Å². The first kappa shape index (κ1) is 38.7. The van der Waals surface area contributed by atoms with Crippen LogP contribution in [0.25, 0.3) is 0 Å². The van der Waals surface area contributed by atoms with Crippen molar-refractivity contribution < 1.29 is 46.3 Å². The van der Waals surface area contributed by atoms with Crippen molar-refractivity contribution in [2.75, 3.05) is 6.54 Å². The van der Waals surface area contributed by atoms with Crippen molar-refractivity contribution in [2.45, 2.75) is 113 Å².